The van der Waals surface area contributed by atoms with E-state index in [1.807, 2.05) is 31.2 Å². The molecule has 0 unspecified atom stereocenters. The van der Waals surface area contributed by atoms with Gasteiger partial charge in [0.2, 0.25) is 5.91 Å². The molecular weight excluding hydrogens is 403 g/mol. The molecule has 1 amide bonds. The Bertz CT molecular complexity index is 1020. The molecule has 1 aromatic heterocycles. The van der Waals surface area contributed by atoms with Crippen LogP contribution in [-0.2, 0) is 31.0 Å². The summed E-state index contributed by atoms with van der Waals surface area (Å²) in [6.07, 6.45) is 2.64. The van der Waals surface area contributed by atoms with Crippen LogP contribution in [0.3, 0.4) is 0 Å². The van der Waals surface area contributed by atoms with Crippen LogP contribution in [0.15, 0.2) is 59.3 Å². The second-order valence-corrected chi connectivity index (χ2v) is 9.19. The van der Waals surface area contributed by atoms with Crippen molar-refractivity contribution in [3.8, 4) is 11.3 Å². The average Bonchev–Trinajstić information content (AvgIpc) is 3.23. The number of aryl methyl sites for hydroxylation is 2. The smallest absolute Gasteiger partial charge is 0.334 e. The minimum atomic E-state index is -3.12. The SMILES string of the molecule is COP(=O)(Cc1ccc(NC(=O)CCc2cnoc2-c2ccc(C)cc2)cc1)OC. The Balaban J connectivity index is 1.56. The summed E-state index contributed by atoms with van der Waals surface area (Å²) < 4.78 is 27.5. The third kappa shape index (κ3) is 5.66. The van der Waals surface area contributed by atoms with Crippen molar-refractivity contribution < 1.29 is 22.9 Å². The van der Waals surface area contributed by atoms with Crippen LogP contribution in [-0.4, -0.2) is 25.3 Å². The predicted octanol–water partition coefficient (Wildman–Crippen LogP) is 5.21. The van der Waals surface area contributed by atoms with Crippen molar-refractivity contribution >= 4 is 19.2 Å². The number of hydrogen-bond acceptors (Lipinski definition) is 6. The summed E-state index contributed by atoms with van der Waals surface area (Å²) in [7, 11) is -0.400. The fourth-order valence-corrected chi connectivity index (χ4v) is 4.04. The summed E-state index contributed by atoms with van der Waals surface area (Å²) in [5.74, 6) is 0.575. The standard InChI is InChI=1S/C22H25N2O5P/c1-16-4-8-18(9-5-16)22-19(14-23-29-22)10-13-21(25)24-20-11-6-17(7-12-20)15-30(26,27-2)28-3/h4-9,11-12,14H,10,13,15H2,1-3H3,(H,24,25). The van der Waals surface area contributed by atoms with Gasteiger partial charge in [-0.15, -0.1) is 0 Å². The third-order valence-electron chi connectivity index (χ3n) is 4.75. The molecular formula is C22H25N2O5P. The van der Waals surface area contributed by atoms with E-state index in [2.05, 4.69) is 10.5 Å². The number of rotatable bonds is 9. The fourth-order valence-electron chi connectivity index (χ4n) is 2.97. The number of nitrogens with one attached hydrogen (secondary N) is 1. The number of amides is 1. The molecule has 7 nitrogen and oxygen atoms in total. The van der Waals surface area contributed by atoms with Gasteiger partial charge in [-0.2, -0.15) is 0 Å². The molecule has 0 bridgehead atoms. The van der Waals surface area contributed by atoms with Crippen LogP contribution in [0.4, 0.5) is 5.69 Å². The number of aromatic nitrogens is 1. The zero-order chi connectivity index (χ0) is 21.6. The molecule has 0 radical (unpaired) electrons. The highest BCUT2D eigenvalue weighted by molar-refractivity contribution is 7.52. The van der Waals surface area contributed by atoms with Crippen molar-refractivity contribution in [2.75, 3.05) is 19.5 Å². The molecule has 0 aliphatic heterocycles. The first kappa shape index (κ1) is 22.0. The van der Waals surface area contributed by atoms with Crippen molar-refractivity contribution in [1.82, 2.24) is 5.16 Å². The van der Waals surface area contributed by atoms with Crippen molar-refractivity contribution in [2.24, 2.45) is 0 Å². The molecule has 2 aromatic carbocycles. The number of anilines is 1. The molecule has 3 rings (SSSR count). The molecule has 8 heteroatoms. The number of nitrogens with zero attached hydrogens (tertiary/aromatic N) is 1. The molecule has 0 saturated carbocycles. The lowest BCUT2D eigenvalue weighted by Gasteiger charge is -2.13. The Morgan fingerprint density at radius 2 is 1.73 bits per heavy atom. The Morgan fingerprint density at radius 3 is 2.37 bits per heavy atom. The minimum absolute atomic E-state index is 0.113. The summed E-state index contributed by atoms with van der Waals surface area (Å²) in [6.45, 7) is 2.02. The summed E-state index contributed by atoms with van der Waals surface area (Å²) in [4.78, 5) is 12.4. The van der Waals surface area contributed by atoms with Crippen LogP contribution in [0, 0.1) is 6.92 Å². The van der Waals surface area contributed by atoms with Gasteiger partial charge in [0, 0.05) is 37.5 Å². The number of carbonyl (C=O) groups is 1. The monoisotopic (exact) mass is 428 g/mol. The number of carbonyl (C=O) groups excluding carboxylic acids is 1. The lowest BCUT2D eigenvalue weighted by molar-refractivity contribution is -0.116. The van der Waals surface area contributed by atoms with Gasteiger partial charge in [-0.1, -0.05) is 47.1 Å². The quantitative estimate of drug-likeness (QED) is 0.471. The van der Waals surface area contributed by atoms with E-state index in [-0.39, 0.29) is 12.1 Å². The number of hydrogen-bond donors (Lipinski definition) is 1. The maximum atomic E-state index is 12.4. The normalized spacial score (nSPS) is 11.4. The van der Waals surface area contributed by atoms with Crippen LogP contribution in [0.2, 0.25) is 0 Å². The van der Waals surface area contributed by atoms with Gasteiger partial charge in [0.05, 0.1) is 12.4 Å². The maximum absolute atomic E-state index is 12.4. The van der Waals surface area contributed by atoms with Gasteiger partial charge in [-0.25, -0.2) is 0 Å². The molecule has 0 aliphatic rings. The van der Waals surface area contributed by atoms with Crippen molar-refractivity contribution in [2.45, 2.75) is 25.9 Å². The first-order chi connectivity index (χ1) is 14.4. The van der Waals surface area contributed by atoms with Gasteiger partial charge in [0.15, 0.2) is 5.76 Å². The second kappa shape index (κ2) is 9.85. The van der Waals surface area contributed by atoms with Gasteiger partial charge in [-0.05, 0) is 31.0 Å². The Morgan fingerprint density at radius 1 is 1.07 bits per heavy atom. The fraction of sp³-hybridized carbons (Fsp3) is 0.273. The van der Waals surface area contributed by atoms with Gasteiger partial charge in [0.1, 0.15) is 0 Å². The second-order valence-electron chi connectivity index (χ2n) is 6.93. The van der Waals surface area contributed by atoms with E-state index in [4.69, 9.17) is 13.6 Å². The highest BCUT2D eigenvalue weighted by Crippen LogP contribution is 2.49. The lowest BCUT2D eigenvalue weighted by Crippen LogP contribution is -2.12. The van der Waals surface area contributed by atoms with Gasteiger partial charge in [-0.3, -0.25) is 9.36 Å². The van der Waals surface area contributed by atoms with E-state index in [1.165, 1.54) is 14.2 Å². The third-order valence-corrected chi connectivity index (χ3v) is 6.61. The molecule has 1 N–H and O–H groups in total. The van der Waals surface area contributed by atoms with Crippen LogP contribution in [0.25, 0.3) is 11.3 Å². The summed E-state index contributed by atoms with van der Waals surface area (Å²) in [5, 5.41) is 6.75. The van der Waals surface area contributed by atoms with E-state index in [0.29, 0.717) is 24.3 Å². The van der Waals surface area contributed by atoms with E-state index in [1.54, 1.807) is 30.5 Å². The van der Waals surface area contributed by atoms with Gasteiger partial charge in [0.25, 0.3) is 0 Å². The molecule has 158 valence electrons. The lowest BCUT2D eigenvalue weighted by atomic mass is 10.0. The van der Waals surface area contributed by atoms with Crippen molar-refractivity contribution in [3.63, 3.8) is 0 Å². The molecule has 0 aliphatic carbocycles. The van der Waals surface area contributed by atoms with Gasteiger partial charge >= 0.3 is 7.60 Å². The first-order valence-electron chi connectivity index (χ1n) is 9.52. The highest BCUT2D eigenvalue weighted by atomic mass is 31.2. The Labute approximate surface area is 175 Å². The zero-order valence-electron chi connectivity index (χ0n) is 17.3. The van der Waals surface area contributed by atoms with Crippen LogP contribution >= 0.6 is 7.60 Å². The van der Waals surface area contributed by atoms with Gasteiger partial charge < -0.3 is 18.9 Å². The van der Waals surface area contributed by atoms with E-state index < -0.39 is 7.60 Å². The molecule has 0 saturated heterocycles. The Kier molecular flexibility index (Phi) is 7.21. The van der Waals surface area contributed by atoms with Crippen molar-refractivity contribution in [1.29, 1.82) is 0 Å². The topological polar surface area (TPSA) is 90.7 Å². The largest absolute Gasteiger partial charge is 0.356 e. The zero-order valence-corrected chi connectivity index (χ0v) is 18.1. The van der Waals surface area contributed by atoms with Crippen LogP contribution in [0.5, 0.6) is 0 Å². The summed E-state index contributed by atoms with van der Waals surface area (Å²) >= 11 is 0. The van der Waals surface area contributed by atoms with Crippen molar-refractivity contribution in [3.05, 3.63) is 71.4 Å². The average molecular weight is 428 g/mol. The Hall–Kier alpha value is -2.73. The molecule has 3 aromatic rings. The summed E-state index contributed by atoms with van der Waals surface area (Å²) in [6, 6.07) is 15.1. The molecule has 0 atom stereocenters. The number of benzene rings is 2. The minimum Gasteiger partial charge on any atom is -0.356 e. The summed E-state index contributed by atoms with van der Waals surface area (Å²) in [5.41, 5.74) is 4.45. The van der Waals surface area contributed by atoms with Crippen LogP contribution in [0.1, 0.15) is 23.1 Å². The molecule has 0 spiro atoms. The van der Waals surface area contributed by atoms with E-state index >= 15 is 0 Å². The van der Waals surface area contributed by atoms with E-state index in [0.717, 1.165) is 22.3 Å². The highest BCUT2D eigenvalue weighted by Gasteiger charge is 2.21. The molecule has 1 heterocycles. The molecule has 30 heavy (non-hydrogen) atoms. The molecule has 0 fully saturated rings. The predicted molar refractivity (Wildman–Crippen MR) is 115 cm³/mol. The first-order valence-corrected chi connectivity index (χ1v) is 11.2. The maximum Gasteiger partial charge on any atom is 0.334 e. The van der Waals surface area contributed by atoms with E-state index in [9.17, 15) is 9.36 Å². The van der Waals surface area contributed by atoms with Crippen LogP contribution < -0.4 is 5.32 Å².